The second-order valence-corrected chi connectivity index (χ2v) is 10.7. The Kier molecular flexibility index (Phi) is 9.28. The van der Waals surface area contributed by atoms with E-state index in [1.165, 1.54) is 0 Å². The summed E-state index contributed by atoms with van der Waals surface area (Å²) in [6.45, 7) is 24.8. The SMILES string of the molecule is C.C.CC(C)(C)c1nnn(C(C)(C)C)n1.CC(C)(C)c1noc(C(C)(C)C)n1. The van der Waals surface area contributed by atoms with E-state index in [0.29, 0.717) is 5.89 Å². The van der Waals surface area contributed by atoms with Gasteiger partial charge in [0, 0.05) is 16.2 Å². The number of hydrogen-bond donors (Lipinski definition) is 0. The molecule has 2 aromatic heterocycles. The molecule has 0 aliphatic rings. The monoisotopic (exact) mass is 396 g/mol. The molecule has 0 N–H and O–H groups in total. The van der Waals surface area contributed by atoms with Gasteiger partial charge in [0.1, 0.15) is 0 Å². The lowest BCUT2D eigenvalue weighted by Crippen LogP contribution is -2.25. The van der Waals surface area contributed by atoms with Crippen LogP contribution < -0.4 is 0 Å². The molecular formula is C21H44N6O. The van der Waals surface area contributed by atoms with Crippen LogP contribution in [-0.2, 0) is 21.8 Å². The first-order valence-electron chi connectivity index (χ1n) is 9.08. The van der Waals surface area contributed by atoms with Gasteiger partial charge in [0.15, 0.2) is 11.6 Å². The van der Waals surface area contributed by atoms with Gasteiger partial charge in [0.2, 0.25) is 5.89 Å². The molecule has 0 aliphatic heterocycles. The zero-order valence-corrected chi connectivity index (χ0v) is 18.6. The molecule has 0 saturated heterocycles. The highest BCUT2D eigenvalue weighted by atomic mass is 16.5. The minimum absolute atomic E-state index is 0. The van der Waals surface area contributed by atoms with Crippen LogP contribution in [0, 0.1) is 0 Å². The van der Waals surface area contributed by atoms with Gasteiger partial charge in [-0.05, 0) is 26.0 Å². The number of aromatic nitrogens is 6. The third-order valence-corrected chi connectivity index (χ3v) is 3.42. The van der Waals surface area contributed by atoms with Gasteiger partial charge in [-0.15, -0.1) is 10.2 Å². The van der Waals surface area contributed by atoms with Crippen LogP contribution in [-0.4, -0.2) is 30.3 Å². The smallest absolute Gasteiger partial charge is 0.232 e. The highest BCUT2D eigenvalue weighted by Crippen LogP contribution is 2.24. The minimum Gasteiger partial charge on any atom is -0.339 e. The summed E-state index contributed by atoms with van der Waals surface area (Å²) in [6.07, 6.45) is 0. The third-order valence-electron chi connectivity index (χ3n) is 3.42. The Balaban J connectivity index is 0. The van der Waals surface area contributed by atoms with Gasteiger partial charge in [-0.3, -0.25) is 0 Å². The van der Waals surface area contributed by atoms with Crippen LogP contribution in [0.3, 0.4) is 0 Å². The van der Waals surface area contributed by atoms with Crippen LogP contribution in [0.15, 0.2) is 4.52 Å². The Morgan fingerprint density at radius 3 is 1.36 bits per heavy atom. The average Bonchev–Trinajstić information content (AvgIpc) is 3.06. The van der Waals surface area contributed by atoms with Crippen molar-refractivity contribution in [1.29, 1.82) is 0 Å². The highest BCUT2D eigenvalue weighted by molar-refractivity contribution is 5.04. The predicted octanol–water partition coefficient (Wildman–Crippen LogP) is 5.66. The Morgan fingerprint density at radius 2 is 1.14 bits per heavy atom. The van der Waals surface area contributed by atoms with Gasteiger partial charge in [-0.25, -0.2) is 0 Å². The van der Waals surface area contributed by atoms with E-state index in [1.807, 2.05) is 0 Å². The van der Waals surface area contributed by atoms with E-state index < -0.39 is 0 Å². The molecule has 0 aromatic carbocycles. The molecule has 164 valence electrons. The molecule has 0 spiro atoms. The summed E-state index contributed by atoms with van der Waals surface area (Å²) in [5, 5.41) is 16.4. The van der Waals surface area contributed by atoms with E-state index in [4.69, 9.17) is 4.52 Å². The molecule has 2 rings (SSSR count). The molecular weight excluding hydrogens is 352 g/mol. The molecule has 0 saturated carbocycles. The first kappa shape index (κ1) is 28.4. The largest absolute Gasteiger partial charge is 0.339 e. The number of tetrazole rings is 1. The Morgan fingerprint density at radius 1 is 0.679 bits per heavy atom. The van der Waals surface area contributed by atoms with Crippen LogP contribution in [0.25, 0.3) is 0 Å². The van der Waals surface area contributed by atoms with Gasteiger partial charge < -0.3 is 4.52 Å². The molecule has 0 radical (unpaired) electrons. The maximum atomic E-state index is 5.19. The van der Waals surface area contributed by atoms with E-state index in [-0.39, 0.29) is 36.6 Å². The summed E-state index contributed by atoms with van der Waals surface area (Å²) in [5.74, 6) is 2.28. The maximum absolute atomic E-state index is 5.19. The second-order valence-electron chi connectivity index (χ2n) is 10.7. The van der Waals surface area contributed by atoms with Crippen molar-refractivity contribution in [2.75, 3.05) is 0 Å². The lowest BCUT2D eigenvalue weighted by Gasteiger charge is -2.16. The fourth-order valence-electron chi connectivity index (χ4n) is 1.63. The standard InChI is InChI=1S/C10H18N2O.C9H18N4.2CH4/c1-9(2,3)7-11-8(13-12-7)10(4,5)6;1-8(2,3)7-10-12-13(11-7)9(4,5)6;;/h2*1-6H3;2*1H4. The second kappa shape index (κ2) is 9.14. The lowest BCUT2D eigenvalue weighted by molar-refractivity contribution is 0.303. The van der Waals surface area contributed by atoms with Gasteiger partial charge in [0.05, 0.1) is 5.54 Å². The van der Waals surface area contributed by atoms with Crippen LogP contribution in [0.4, 0.5) is 0 Å². The molecule has 0 atom stereocenters. The summed E-state index contributed by atoms with van der Waals surface area (Å²) in [6, 6.07) is 0. The van der Waals surface area contributed by atoms with Crippen molar-refractivity contribution in [2.24, 2.45) is 0 Å². The Hall–Kier alpha value is -1.79. The fourth-order valence-corrected chi connectivity index (χ4v) is 1.63. The lowest BCUT2D eigenvalue weighted by atomic mass is 9.94. The normalized spacial score (nSPS) is 12.4. The van der Waals surface area contributed by atoms with Gasteiger partial charge >= 0.3 is 0 Å². The molecule has 7 heteroatoms. The predicted molar refractivity (Wildman–Crippen MR) is 117 cm³/mol. The Labute approximate surface area is 172 Å². The number of hydrogen-bond acceptors (Lipinski definition) is 6. The van der Waals surface area contributed by atoms with Crippen LogP contribution in [0.1, 0.15) is 115 Å². The van der Waals surface area contributed by atoms with E-state index in [2.05, 4.69) is 109 Å². The molecule has 0 amide bonds. The molecule has 2 heterocycles. The molecule has 0 aliphatic carbocycles. The highest BCUT2D eigenvalue weighted by Gasteiger charge is 2.26. The molecule has 0 unspecified atom stereocenters. The van der Waals surface area contributed by atoms with E-state index in [9.17, 15) is 0 Å². The Bertz CT molecular complexity index is 584. The summed E-state index contributed by atoms with van der Waals surface area (Å²) < 4.78 is 5.19. The zero-order valence-electron chi connectivity index (χ0n) is 18.6. The topological polar surface area (TPSA) is 82.5 Å². The minimum atomic E-state index is -0.0868. The average molecular weight is 397 g/mol. The van der Waals surface area contributed by atoms with Gasteiger partial charge in [-0.1, -0.05) is 82.3 Å². The molecule has 28 heavy (non-hydrogen) atoms. The maximum Gasteiger partial charge on any atom is 0.232 e. The zero-order chi connectivity index (χ0) is 20.6. The van der Waals surface area contributed by atoms with Crippen molar-refractivity contribution in [2.45, 2.75) is 120 Å². The van der Waals surface area contributed by atoms with E-state index in [1.54, 1.807) is 4.80 Å². The van der Waals surface area contributed by atoms with Crippen LogP contribution in [0.5, 0.6) is 0 Å². The van der Waals surface area contributed by atoms with E-state index in [0.717, 1.165) is 11.6 Å². The van der Waals surface area contributed by atoms with Crippen molar-refractivity contribution < 1.29 is 4.52 Å². The quantitative estimate of drug-likeness (QED) is 0.571. The van der Waals surface area contributed by atoms with Gasteiger partial charge in [-0.2, -0.15) is 9.78 Å². The van der Waals surface area contributed by atoms with Crippen molar-refractivity contribution in [3.8, 4) is 0 Å². The van der Waals surface area contributed by atoms with Gasteiger partial charge in [0.25, 0.3) is 0 Å². The summed E-state index contributed by atoms with van der Waals surface area (Å²) in [4.78, 5) is 6.04. The van der Waals surface area contributed by atoms with Crippen molar-refractivity contribution in [3.63, 3.8) is 0 Å². The first-order chi connectivity index (χ1) is 11.4. The molecule has 2 aromatic rings. The first-order valence-corrected chi connectivity index (χ1v) is 9.08. The summed E-state index contributed by atoms with van der Waals surface area (Å²) in [7, 11) is 0. The molecule has 0 bridgehead atoms. The number of rotatable bonds is 0. The third kappa shape index (κ3) is 8.07. The van der Waals surface area contributed by atoms with E-state index >= 15 is 0 Å². The number of nitrogens with zero attached hydrogens (tertiary/aromatic N) is 6. The molecule has 0 fully saturated rings. The molecule has 7 nitrogen and oxygen atoms in total. The summed E-state index contributed by atoms with van der Waals surface area (Å²) in [5.41, 5.74) is -0.205. The van der Waals surface area contributed by atoms with Crippen molar-refractivity contribution in [3.05, 3.63) is 17.5 Å². The van der Waals surface area contributed by atoms with Crippen LogP contribution in [0.2, 0.25) is 0 Å². The van der Waals surface area contributed by atoms with Crippen LogP contribution >= 0.6 is 0 Å². The van der Waals surface area contributed by atoms with Crippen molar-refractivity contribution in [1.82, 2.24) is 30.3 Å². The summed E-state index contributed by atoms with van der Waals surface area (Å²) >= 11 is 0. The fraction of sp³-hybridized carbons (Fsp3) is 0.857. The van der Waals surface area contributed by atoms with Crippen molar-refractivity contribution >= 4 is 0 Å².